The number of para-hydroxylation sites is 1. The summed E-state index contributed by atoms with van der Waals surface area (Å²) in [4.78, 5) is 33.2. The summed E-state index contributed by atoms with van der Waals surface area (Å²) in [7, 11) is 0. The molecule has 6 nitrogen and oxygen atoms in total. The summed E-state index contributed by atoms with van der Waals surface area (Å²) in [6.07, 6.45) is -0.321. The minimum absolute atomic E-state index is 0.00619. The summed E-state index contributed by atoms with van der Waals surface area (Å²) in [5.41, 5.74) is 2.83. The molecule has 2 amide bonds. The van der Waals surface area contributed by atoms with Crippen LogP contribution in [0.15, 0.2) is 85.1 Å². The third-order valence-electron chi connectivity index (χ3n) is 7.28. The molecule has 1 heterocycles. The van der Waals surface area contributed by atoms with E-state index in [2.05, 4.69) is 4.98 Å². The van der Waals surface area contributed by atoms with Crippen LogP contribution in [0.3, 0.4) is 0 Å². The fourth-order valence-corrected chi connectivity index (χ4v) is 4.87. The normalized spacial score (nSPS) is 13.3. The van der Waals surface area contributed by atoms with E-state index in [9.17, 15) is 22.8 Å². The smallest absolute Gasteiger partial charge is 0.367 e. The molecule has 41 heavy (non-hydrogen) atoms. The van der Waals surface area contributed by atoms with Crippen molar-refractivity contribution in [3.05, 3.63) is 107 Å². The molecule has 0 radical (unpaired) electrons. The third-order valence-corrected chi connectivity index (χ3v) is 7.28. The van der Waals surface area contributed by atoms with Gasteiger partial charge in [-0.15, -0.1) is 0 Å². The Morgan fingerprint density at radius 2 is 1.59 bits per heavy atom. The summed E-state index contributed by atoms with van der Waals surface area (Å²) in [5, 5.41) is 1.06. The second-order valence-electron chi connectivity index (χ2n) is 10.4. The molecule has 0 atom stereocenters. The number of nitrogens with zero attached hydrogens (tertiary/aromatic N) is 2. The number of nitrogens with one attached hydrogen (secondary N) is 1. The van der Waals surface area contributed by atoms with E-state index in [-0.39, 0.29) is 37.6 Å². The fourth-order valence-electron chi connectivity index (χ4n) is 4.87. The summed E-state index contributed by atoms with van der Waals surface area (Å²) in [5.74, 6) is -0.504. The zero-order valence-electron chi connectivity index (χ0n) is 22.6. The molecule has 0 aliphatic heterocycles. The maximum atomic E-state index is 13.6. The fraction of sp³-hybridized carbons (Fsp3) is 0.312. The van der Waals surface area contributed by atoms with Crippen LogP contribution in [0.1, 0.15) is 35.1 Å². The zero-order chi connectivity index (χ0) is 28.8. The van der Waals surface area contributed by atoms with Gasteiger partial charge in [-0.2, -0.15) is 13.2 Å². The summed E-state index contributed by atoms with van der Waals surface area (Å²) in [6, 6.07) is 22.3. The van der Waals surface area contributed by atoms with Crippen molar-refractivity contribution in [1.29, 1.82) is 0 Å². The molecule has 5 rings (SSSR count). The van der Waals surface area contributed by atoms with E-state index < -0.39 is 11.7 Å². The molecule has 9 heteroatoms. The molecule has 1 N–H and O–H groups in total. The van der Waals surface area contributed by atoms with Crippen molar-refractivity contribution in [2.24, 2.45) is 0 Å². The Bertz CT molecular complexity index is 1460. The minimum Gasteiger partial charge on any atom is -0.367 e. The monoisotopic (exact) mass is 563 g/mol. The molecule has 4 aromatic rings. The number of H-pyrrole nitrogens is 1. The van der Waals surface area contributed by atoms with Gasteiger partial charge in [-0.3, -0.25) is 9.59 Å². The number of aromatic amines is 1. The van der Waals surface area contributed by atoms with E-state index in [0.29, 0.717) is 25.1 Å². The number of hydrogen-bond donors (Lipinski definition) is 1. The molecule has 0 unspecified atom stereocenters. The van der Waals surface area contributed by atoms with Gasteiger partial charge >= 0.3 is 6.18 Å². The van der Waals surface area contributed by atoms with Gasteiger partial charge in [0.2, 0.25) is 11.8 Å². The van der Waals surface area contributed by atoms with Crippen LogP contribution in [0, 0.1) is 0 Å². The van der Waals surface area contributed by atoms with E-state index >= 15 is 0 Å². The van der Waals surface area contributed by atoms with Gasteiger partial charge in [0.1, 0.15) is 13.2 Å². The lowest BCUT2D eigenvalue weighted by atomic mass is 10.1. The van der Waals surface area contributed by atoms with Gasteiger partial charge in [-0.05, 0) is 54.2 Å². The van der Waals surface area contributed by atoms with Crippen molar-refractivity contribution in [3.63, 3.8) is 0 Å². The molecule has 1 aromatic heterocycles. The van der Waals surface area contributed by atoms with Gasteiger partial charge in [0.15, 0.2) is 0 Å². The van der Waals surface area contributed by atoms with Crippen LogP contribution in [-0.2, 0) is 40.1 Å². The number of carbonyl (C=O) groups excluding carboxylic acids is 2. The van der Waals surface area contributed by atoms with E-state index in [4.69, 9.17) is 4.74 Å². The predicted molar refractivity (Wildman–Crippen MR) is 150 cm³/mol. The first-order valence-electron chi connectivity index (χ1n) is 13.7. The molecular formula is C32H32F3N3O3. The Balaban J connectivity index is 1.27. The number of alkyl halides is 3. The molecule has 1 aliphatic carbocycles. The standard InChI is InChI=1S/C32H32F3N3O3/c33-32(34,35)26-12-10-23(11-13-26)19-37(17-16-25-18-36-29-9-5-4-8-28(25)29)30(39)20-38(27-14-15-27)31(40)22-41-21-24-6-2-1-3-7-24/h1-13,18,27,36H,14-17,19-22H2. The maximum absolute atomic E-state index is 13.6. The van der Waals surface area contributed by atoms with Crippen molar-refractivity contribution in [2.45, 2.75) is 44.6 Å². The van der Waals surface area contributed by atoms with Crippen LogP contribution in [0.2, 0.25) is 0 Å². The molecule has 1 saturated carbocycles. The SMILES string of the molecule is O=C(CN(C(=O)COCc1ccccc1)C1CC1)N(CCc1c[nH]c2ccccc12)Cc1ccc(C(F)(F)F)cc1. The van der Waals surface area contributed by atoms with Crippen LogP contribution in [-0.4, -0.2) is 52.3 Å². The second-order valence-corrected chi connectivity index (χ2v) is 10.4. The van der Waals surface area contributed by atoms with Crippen LogP contribution in [0.4, 0.5) is 13.2 Å². The van der Waals surface area contributed by atoms with Crippen LogP contribution in [0.25, 0.3) is 10.9 Å². The average molecular weight is 564 g/mol. The molecular weight excluding hydrogens is 531 g/mol. The van der Waals surface area contributed by atoms with Gasteiger partial charge in [-0.25, -0.2) is 0 Å². The lowest BCUT2D eigenvalue weighted by Gasteiger charge is -2.28. The Kier molecular flexibility index (Phi) is 8.73. The number of halogens is 3. The van der Waals surface area contributed by atoms with Gasteiger partial charge in [0, 0.05) is 36.2 Å². The first kappa shape index (κ1) is 28.4. The number of amides is 2. The summed E-state index contributed by atoms with van der Waals surface area (Å²) >= 11 is 0. The molecule has 3 aromatic carbocycles. The van der Waals surface area contributed by atoms with Crippen molar-refractivity contribution in [2.75, 3.05) is 19.7 Å². The quantitative estimate of drug-likeness (QED) is 0.231. The van der Waals surface area contributed by atoms with Gasteiger partial charge in [0.05, 0.1) is 12.2 Å². The molecule has 1 fully saturated rings. The molecule has 0 saturated heterocycles. The lowest BCUT2D eigenvalue weighted by molar-refractivity contribution is -0.144. The highest BCUT2D eigenvalue weighted by Gasteiger charge is 2.35. The Hall–Kier alpha value is -4.11. The van der Waals surface area contributed by atoms with E-state index in [1.54, 1.807) is 9.80 Å². The summed E-state index contributed by atoms with van der Waals surface area (Å²) < 4.78 is 44.9. The van der Waals surface area contributed by atoms with E-state index in [0.717, 1.165) is 47.0 Å². The number of benzene rings is 3. The number of carbonyl (C=O) groups is 2. The van der Waals surface area contributed by atoms with Crippen molar-refractivity contribution in [1.82, 2.24) is 14.8 Å². The minimum atomic E-state index is -4.43. The first-order chi connectivity index (χ1) is 19.8. The largest absolute Gasteiger partial charge is 0.416 e. The predicted octanol–water partition coefficient (Wildman–Crippen LogP) is 5.97. The van der Waals surface area contributed by atoms with Crippen LogP contribution < -0.4 is 0 Å². The topological polar surface area (TPSA) is 65.6 Å². The molecule has 0 spiro atoms. The Labute approximate surface area is 236 Å². The number of hydrogen-bond acceptors (Lipinski definition) is 3. The number of aromatic nitrogens is 1. The Morgan fingerprint density at radius 1 is 0.878 bits per heavy atom. The lowest BCUT2D eigenvalue weighted by Crippen LogP contribution is -2.45. The molecule has 1 aliphatic rings. The highest BCUT2D eigenvalue weighted by molar-refractivity contribution is 5.86. The highest BCUT2D eigenvalue weighted by Crippen LogP contribution is 2.30. The van der Waals surface area contributed by atoms with Crippen molar-refractivity contribution < 1.29 is 27.5 Å². The second kappa shape index (κ2) is 12.6. The van der Waals surface area contributed by atoms with Gasteiger partial charge in [-0.1, -0.05) is 60.7 Å². The summed E-state index contributed by atoms with van der Waals surface area (Å²) in [6.45, 7) is 0.540. The molecule has 214 valence electrons. The number of rotatable bonds is 12. The van der Waals surface area contributed by atoms with Crippen LogP contribution in [0.5, 0.6) is 0 Å². The van der Waals surface area contributed by atoms with E-state index in [1.165, 1.54) is 12.1 Å². The first-order valence-corrected chi connectivity index (χ1v) is 13.7. The van der Waals surface area contributed by atoms with Gasteiger partial charge in [0.25, 0.3) is 0 Å². The van der Waals surface area contributed by atoms with Crippen LogP contribution >= 0.6 is 0 Å². The van der Waals surface area contributed by atoms with Crippen molar-refractivity contribution in [3.8, 4) is 0 Å². The average Bonchev–Trinajstić information content (AvgIpc) is 3.73. The highest BCUT2D eigenvalue weighted by atomic mass is 19.4. The maximum Gasteiger partial charge on any atom is 0.416 e. The third kappa shape index (κ3) is 7.55. The number of fused-ring (bicyclic) bond motifs is 1. The van der Waals surface area contributed by atoms with Crippen molar-refractivity contribution >= 4 is 22.7 Å². The van der Waals surface area contributed by atoms with E-state index in [1.807, 2.05) is 60.8 Å². The van der Waals surface area contributed by atoms with Gasteiger partial charge < -0.3 is 19.5 Å². The Morgan fingerprint density at radius 3 is 2.29 bits per heavy atom. The molecule has 0 bridgehead atoms. The zero-order valence-corrected chi connectivity index (χ0v) is 22.6. The number of ether oxygens (including phenoxy) is 1.